The summed E-state index contributed by atoms with van der Waals surface area (Å²) in [6.45, 7) is 0. The molecule has 0 radical (unpaired) electrons. The second kappa shape index (κ2) is 9.10. The lowest BCUT2D eigenvalue weighted by atomic mass is 10.1. The minimum Gasteiger partial charge on any atom is -0.361 e. The van der Waals surface area contributed by atoms with Crippen LogP contribution in [0.15, 0.2) is 99.9 Å². The minimum atomic E-state index is 0.667. The third kappa shape index (κ3) is 4.14. The van der Waals surface area contributed by atoms with Gasteiger partial charge in [0.1, 0.15) is 5.82 Å². The lowest BCUT2D eigenvalue weighted by molar-refractivity contribution is 0.849. The molecule has 0 saturated carbocycles. The van der Waals surface area contributed by atoms with Crippen LogP contribution in [0.5, 0.6) is 0 Å². The van der Waals surface area contributed by atoms with Crippen LogP contribution < -0.4 is 0 Å². The highest BCUT2D eigenvalue weighted by Gasteiger charge is 2.18. The van der Waals surface area contributed by atoms with Crippen molar-refractivity contribution < 1.29 is 0 Å². The van der Waals surface area contributed by atoms with Crippen molar-refractivity contribution in [3.8, 4) is 16.9 Å². The average Bonchev–Trinajstić information content (AvgIpc) is 3.60. The zero-order valence-corrected chi connectivity index (χ0v) is 20.2. The van der Waals surface area contributed by atoms with E-state index in [2.05, 4.69) is 61.7 Å². The quantitative estimate of drug-likeness (QED) is 0.262. The third-order valence-corrected chi connectivity index (χ3v) is 7.68. The molecule has 3 heterocycles. The molecule has 6 rings (SSSR count). The molecule has 3 aromatic heterocycles. The predicted octanol–water partition coefficient (Wildman–Crippen LogP) is 7.27. The summed E-state index contributed by atoms with van der Waals surface area (Å²) in [4.78, 5) is 8.18. The second-order valence-electron chi connectivity index (χ2n) is 7.71. The summed E-state index contributed by atoms with van der Waals surface area (Å²) in [6, 6.07) is 26.3. The molecule has 0 unspecified atom stereocenters. The first-order chi connectivity index (χ1) is 16.7. The first-order valence-electron chi connectivity index (χ1n) is 10.7. The number of hydrogen-bond acceptors (Lipinski definition) is 5. The zero-order chi connectivity index (χ0) is 22.9. The van der Waals surface area contributed by atoms with E-state index in [9.17, 15) is 0 Å². The Labute approximate surface area is 209 Å². The number of halogens is 1. The van der Waals surface area contributed by atoms with E-state index in [0.29, 0.717) is 11.4 Å². The molecule has 5 nitrogen and oxygen atoms in total. The van der Waals surface area contributed by atoms with E-state index in [1.807, 2.05) is 48.5 Å². The number of benzene rings is 3. The molecule has 0 fully saturated rings. The summed E-state index contributed by atoms with van der Waals surface area (Å²) < 4.78 is 3.03. The lowest BCUT2D eigenvalue weighted by Crippen LogP contribution is -2.03. The fourth-order valence-corrected chi connectivity index (χ4v) is 5.82. The zero-order valence-electron chi connectivity index (χ0n) is 17.9. The molecule has 0 amide bonds. The van der Waals surface area contributed by atoms with Crippen molar-refractivity contribution in [1.82, 2.24) is 24.7 Å². The third-order valence-electron chi connectivity index (χ3n) is 5.54. The molecule has 6 aromatic rings. The Balaban J connectivity index is 1.35. The molecule has 0 aliphatic rings. The Kier molecular flexibility index (Phi) is 5.66. The summed E-state index contributed by atoms with van der Waals surface area (Å²) in [6.07, 6.45) is 2.72. The van der Waals surface area contributed by atoms with Gasteiger partial charge < -0.3 is 4.98 Å². The van der Waals surface area contributed by atoms with E-state index in [4.69, 9.17) is 16.6 Å². The maximum Gasteiger partial charge on any atom is 0.202 e. The van der Waals surface area contributed by atoms with Crippen LogP contribution in [-0.2, 0) is 6.42 Å². The lowest BCUT2D eigenvalue weighted by Gasteiger charge is -2.09. The number of nitrogens with one attached hydrogen (secondary N) is 1. The van der Waals surface area contributed by atoms with Crippen molar-refractivity contribution >= 4 is 45.6 Å². The fourth-order valence-electron chi connectivity index (χ4n) is 3.90. The minimum absolute atomic E-state index is 0.667. The standard InChI is InChI=1S/C26H18ClN5S2/c27-19-12-10-17(11-13-19)23-16-33-26(29-23)34-25-31-30-24(32(25)20-6-2-1-3-7-20)14-18-15-28-22-9-5-4-8-21(18)22/h1-13,15-16,28H,14H2. The number of hydrogen-bond donors (Lipinski definition) is 1. The van der Waals surface area contributed by atoms with Gasteiger partial charge in [-0.25, -0.2) is 4.98 Å². The van der Waals surface area contributed by atoms with Gasteiger partial charge in [0.05, 0.1) is 5.69 Å². The number of fused-ring (bicyclic) bond motifs is 1. The highest BCUT2D eigenvalue weighted by atomic mass is 35.5. The summed E-state index contributed by atoms with van der Waals surface area (Å²) in [5.41, 5.74) is 5.30. The Bertz CT molecular complexity index is 1570. The van der Waals surface area contributed by atoms with Crippen LogP contribution in [-0.4, -0.2) is 24.7 Å². The molecule has 8 heteroatoms. The van der Waals surface area contributed by atoms with E-state index >= 15 is 0 Å². The van der Waals surface area contributed by atoms with Crippen LogP contribution in [0.2, 0.25) is 5.02 Å². The van der Waals surface area contributed by atoms with Crippen LogP contribution in [0.25, 0.3) is 27.8 Å². The second-order valence-corrected chi connectivity index (χ2v) is 10.2. The Morgan fingerprint density at radius 1 is 0.912 bits per heavy atom. The van der Waals surface area contributed by atoms with Crippen molar-refractivity contribution in [2.45, 2.75) is 15.9 Å². The van der Waals surface area contributed by atoms with Gasteiger partial charge >= 0.3 is 0 Å². The van der Waals surface area contributed by atoms with Gasteiger partial charge in [0.15, 0.2) is 4.34 Å². The summed E-state index contributed by atoms with van der Waals surface area (Å²) in [7, 11) is 0. The molecule has 0 saturated heterocycles. The monoisotopic (exact) mass is 499 g/mol. The van der Waals surface area contributed by atoms with Crippen molar-refractivity contribution in [1.29, 1.82) is 0 Å². The van der Waals surface area contributed by atoms with Crippen molar-refractivity contribution in [3.63, 3.8) is 0 Å². The molecule has 3 aromatic carbocycles. The van der Waals surface area contributed by atoms with Crippen LogP contribution in [0, 0.1) is 0 Å². The molecular weight excluding hydrogens is 482 g/mol. The first kappa shape index (κ1) is 21.2. The molecule has 0 aliphatic carbocycles. The van der Waals surface area contributed by atoms with E-state index < -0.39 is 0 Å². The highest BCUT2D eigenvalue weighted by molar-refractivity contribution is 8.00. The van der Waals surface area contributed by atoms with Gasteiger partial charge in [-0.3, -0.25) is 4.57 Å². The van der Waals surface area contributed by atoms with Crippen molar-refractivity contribution in [2.75, 3.05) is 0 Å². The van der Waals surface area contributed by atoms with Crippen molar-refractivity contribution in [2.24, 2.45) is 0 Å². The molecule has 0 atom stereocenters. The van der Waals surface area contributed by atoms with E-state index in [-0.39, 0.29) is 0 Å². The molecule has 0 bridgehead atoms. The number of thiazole rings is 1. The van der Waals surface area contributed by atoms with Crippen LogP contribution in [0.4, 0.5) is 0 Å². The molecule has 166 valence electrons. The Morgan fingerprint density at radius 3 is 2.56 bits per heavy atom. The highest BCUT2D eigenvalue weighted by Crippen LogP contribution is 2.34. The van der Waals surface area contributed by atoms with Gasteiger partial charge in [-0.1, -0.05) is 60.1 Å². The molecule has 0 aliphatic heterocycles. The number of para-hydroxylation sites is 2. The molecule has 34 heavy (non-hydrogen) atoms. The first-order valence-corrected chi connectivity index (χ1v) is 12.8. The Hall–Kier alpha value is -3.39. The van der Waals surface area contributed by atoms with Crippen LogP contribution >= 0.6 is 34.7 Å². The fraction of sp³-hybridized carbons (Fsp3) is 0.0385. The van der Waals surface area contributed by atoms with Crippen LogP contribution in [0.1, 0.15) is 11.4 Å². The van der Waals surface area contributed by atoms with Crippen LogP contribution in [0.3, 0.4) is 0 Å². The van der Waals surface area contributed by atoms with Crippen molar-refractivity contribution in [3.05, 3.63) is 107 Å². The molecule has 1 N–H and O–H groups in total. The number of H-pyrrole nitrogens is 1. The smallest absolute Gasteiger partial charge is 0.202 e. The van der Waals surface area contributed by atoms with E-state index in [1.165, 1.54) is 22.7 Å². The molecule has 0 spiro atoms. The average molecular weight is 500 g/mol. The van der Waals surface area contributed by atoms with Gasteiger partial charge in [0.2, 0.25) is 5.16 Å². The van der Waals surface area contributed by atoms with Gasteiger partial charge in [-0.2, -0.15) is 0 Å². The number of aromatic nitrogens is 5. The van der Waals surface area contributed by atoms with E-state index in [1.54, 1.807) is 11.3 Å². The topological polar surface area (TPSA) is 59.4 Å². The van der Waals surface area contributed by atoms with Gasteiger partial charge in [-0.15, -0.1) is 21.5 Å². The SMILES string of the molecule is Clc1ccc(-c2csc(Sc3nnc(Cc4c[nH]c5ccccc45)n3-c3ccccc3)n2)cc1. The largest absolute Gasteiger partial charge is 0.361 e. The van der Waals surface area contributed by atoms with Gasteiger partial charge in [0.25, 0.3) is 0 Å². The maximum atomic E-state index is 6.03. The summed E-state index contributed by atoms with van der Waals surface area (Å²) in [5, 5.41) is 13.9. The summed E-state index contributed by atoms with van der Waals surface area (Å²) >= 11 is 9.15. The number of nitrogens with zero attached hydrogens (tertiary/aromatic N) is 4. The molecular formula is C26H18ClN5S2. The number of aromatic amines is 1. The van der Waals surface area contributed by atoms with E-state index in [0.717, 1.165) is 37.8 Å². The van der Waals surface area contributed by atoms with Gasteiger partial charge in [0, 0.05) is 45.2 Å². The number of rotatable bonds is 6. The summed E-state index contributed by atoms with van der Waals surface area (Å²) in [5.74, 6) is 0.882. The van der Waals surface area contributed by atoms with Gasteiger partial charge in [-0.05, 0) is 47.7 Å². The maximum absolute atomic E-state index is 6.03. The predicted molar refractivity (Wildman–Crippen MR) is 139 cm³/mol. The normalized spacial score (nSPS) is 11.3. The Morgan fingerprint density at radius 2 is 1.71 bits per heavy atom.